The van der Waals surface area contributed by atoms with Crippen molar-refractivity contribution < 1.29 is 4.79 Å². The molecule has 3 aromatic rings. The third-order valence-electron chi connectivity index (χ3n) is 4.01. The first-order valence-electron chi connectivity index (χ1n) is 8.46. The summed E-state index contributed by atoms with van der Waals surface area (Å²) in [6.07, 6.45) is 1.36. The molecule has 2 heterocycles. The summed E-state index contributed by atoms with van der Waals surface area (Å²) in [5, 5.41) is 3.49. The fourth-order valence-electron chi connectivity index (χ4n) is 2.60. The lowest BCUT2D eigenvalue weighted by atomic mass is 10.0. The Morgan fingerprint density at radius 1 is 1.31 bits per heavy atom. The van der Waals surface area contributed by atoms with Gasteiger partial charge in [0.15, 0.2) is 16.3 Å². The number of thioether (sulfide) groups is 1. The lowest BCUT2D eigenvalue weighted by molar-refractivity contribution is -0.113. The quantitative estimate of drug-likeness (QED) is 0.650. The van der Waals surface area contributed by atoms with Crippen LogP contribution in [-0.2, 0) is 11.3 Å². The van der Waals surface area contributed by atoms with Crippen molar-refractivity contribution in [3.8, 4) is 0 Å². The summed E-state index contributed by atoms with van der Waals surface area (Å²) in [5.41, 5.74) is 2.54. The monoisotopic (exact) mass is 371 g/mol. The average Bonchev–Trinajstić information content (AvgIpc) is 2.99. The Hall–Kier alpha value is -2.61. The minimum atomic E-state index is -0.279. The first kappa shape index (κ1) is 18.2. The van der Waals surface area contributed by atoms with Crippen molar-refractivity contribution in [2.75, 3.05) is 11.1 Å². The third-order valence-corrected chi connectivity index (χ3v) is 4.99. The van der Waals surface area contributed by atoms with Crippen LogP contribution in [0.1, 0.15) is 32.3 Å². The van der Waals surface area contributed by atoms with Crippen molar-refractivity contribution in [1.29, 1.82) is 0 Å². The lowest BCUT2D eigenvalue weighted by Gasteiger charge is -2.08. The molecular formula is C18H21N5O2S. The predicted molar refractivity (Wildman–Crippen MR) is 104 cm³/mol. The molecule has 2 aromatic heterocycles. The fourth-order valence-corrected chi connectivity index (χ4v) is 3.46. The Balaban J connectivity index is 1.69. The molecule has 2 N–H and O–H groups in total. The molecule has 0 aliphatic rings. The highest BCUT2D eigenvalue weighted by atomic mass is 32.2. The van der Waals surface area contributed by atoms with Gasteiger partial charge < -0.3 is 14.9 Å². The molecule has 0 unspecified atom stereocenters. The van der Waals surface area contributed by atoms with Crippen LogP contribution in [0.15, 0.2) is 40.5 Å². The Morgan fingerprint density at radius 2 is 2.04 bits per heavy atom. The number of amides is 1. The molecule has 0 saturated heterocycles. The molecule has 0 fully saturated rings. The Labute approximate surface area is 155 Å². The molecule has 26 heavy (non-hydrogen) atoms. The van der Waals surface area contributed by atoms with Crippen molar-refractivity contribution >= 4 is 34.5 Å². The van der Waals surface area contributed by atoms with Crippen LogP contribution in [0.3, 0.4) is 0 Å². The molecule has 7 nitrogen and oxygen atoms in total. The smallest absolute Gasteiger partial charge is 0.278 e. The number of imidazole rings is 1. The number of carbonyl (C=O) groups is 1. The lowest BCUT2D eigenvalue weighted by Crippen LogP contribution is -2.14. The molecule has 8 heteroatoms. The van der Waals surface area contributed by atoms with E-state index in [0.717, 1.165) is 5.69 Å². The number of nitrogens with one attached hydrogen (secondary N) is 2. The molecule has 0 aliphatic heterocycles. The number of aryl methyl sites for hydroxylation is 1. The van der Waals surface area contributed by atoms with E-state index in [1.807, 2.05) is 35.8 Å². The molecule has 1 aromatic carbocycles. The maximum Gasteiger partial charge on any atom is 0.278 e. The number of anilines is 1. The summed E-state index contributed by atoms with van der Waals surface area (Å²) >= 11 is 1.29. The summed E-state index contributed by atoms with van der Waals surface area (Å²) in [5.74, 6) is 0.533. The highest BCUT2D eigenvalue weighted by molar-refractivity contribution is 7.99. The summed E-state index contributed by atoms with van der Waals surface area (Å²) in [7, 11) is 0. The second-order valence-electron chi connectivity index (χ2n) is 6.16. The van der Waals surface area contributed by atoms with Crippen LogP contribution in [0.4, 0.5) is 5.69 Å². The van der Waals surface area contributed by atoms with Crippen LogP contribution in [0, 0.1) is 0 Å². The molecule has 0 spiro atoms. The van der Waals surface area contributed by atoms with Crippen LogP contribution >= 0.6 is 11.8 Å². The van der Waals surface area contributed by atoms with Crippen molar-refractivity contribution in [1.82, 2.24) is 19.5 Å². The first-order chi connectivity index (χ1) is 12.5. The molecule has 0 aliphatic carbocycles. The van der Waals surface area contributed by atoms with E-state index in [1.165, 1.54) is 23.7 Å². The van der Waals surface area contributed by atoms with Crippen LogP contribution < -0.4 is 10.9 Å². The van der Waals surface area contributed by atoms with Gasteiger partial charge in [0, 0.05) is 12.2 Å². The maximum absolute atomic E-state index is 12.2. The van der Waals surface area contributed by atoms with Crippen molar-refractivity contribution in [2.45, 2.75) is 38.4 Å². The normalized spacial score (nSPS) is 11.2. The highest BCUT2D eigenvalue weighted by Crippen LogP contribution is 2.22. The number of rotatable bonds is 6. The molecule has 0 atom stereocenters. The molecule has 136 valence electrons. The van der Waals surface area contributed by atoms with Crippen molar-refractivity contribution in [3.63, 3.8) is 0 Å². The minimum Gasteiger partial charge on any atom is -0.325 e. The summed E-state index contributed by atoms with van der Waals surface area (Å²) in [6, 6.07) is 7.84. The van der Waals surface area contributed by atoms with Gasteiger partial charge in [-0.05, 0) is 30.5 Å². The van der Waals surface area contributed by atoms with Crippen molar-refractivity contribution in [2.24, 2.45) is 0 Å². The topological polar surface area (TPSA) is 92.7 Å². The fraction of sp³-hybridized carbons (Fsp3) is 0.333. The van der Waals surface area contributed by atoms with Crippen LogP contribution in [0.5, 0.6) is 0 Å². The van der Waals surface area contributed by atoms with Gasteiger partial charge in [-0.15, -0.1) is 0 Å². The molecule has 0 radical (unpaired) electrons. The van der Waals surface area contributed by atoms with Gasteiger partial charge in [0.2, 0.25) is 5.91 Å². The first-order valence-corrected chi connectivity index (χ1v) is 9.44. The molecule has 0 saturated carbocycles. The van der Waals surface area contributed by atoms with Gasteiger partial charge in [-0.3, -0.25) is 9.59 Å². The number of hydrogen-bond donors (Lipinski definition) is 2. The zero-order valence-electron chi connectivity index (χ0n) is 14.9. The average molecular weight is 371 g/mol. The Morgan fingerprint density at radius 3 is 2.69 bits per heavy atom. The van der Waals surface area contributed by atoms with Crippen LogP contribution in [0.2, 0.25) is 0 Å². The Bertz CT molecular complexity index is 975. The zero-order chi connectivity index (χ0) is 18.7. The minimum absolute atomic E-state index is 0.121. The van der Waals surface area contributed by atoms with Gasteiger partial charge in [-0.25, -0.2) is 9.97 Å². The summed E-state index contributed by atoms with van der Waals surface area (Å²) < 4.78 is 1.83. The van der Waals surface area contributed by atoms with E-state index >= 15 is 0 Å². The number of hydrogen-bond acceptors (Lipinski definition) is 5. The van der Waals surface area contributed by atoms with E-state index in [2.05, 4.69) is 34.1 Å². The van der Waals surface area contributed by atoms with Gasteiger partial charge >= 0.3 is 0 Å². The maximum atomic E-state index is 12.2. The largest absolute Gasteiger partial charge is 0.325 e. The summed E-state index contributed by atoms with van der Waals surface area (Å²) in [6.45, 7) is 6.83. The van der Waals surface area contributed by atoms with Gasteiger partial charge in [-0.2, -0.15) is 0 Å². The standard InChI is InChI=1S/C18H21N5O2S/c1-4-23-16-15(17(25)20-10-19-16)22-18(23)26-9-14(24)21-13-7-5-12(6-8-13)11(2)3/h5-8,10-11H,4,9H2,1-3H3,(H,21,24)(H,19,20,25). The van der Waals surface area contributed by atoms with E-state index in [0.29, 0.717) is 28.8 Å². The number of aromatic nitrogens is 4. The Kier molecular flexibility index (Phi) is 5.41. The van der Waals surface area contributed by atoms with Gasteiger partial charge in [-0.1, -0.05) is 37.7 Å². The number of H-pyrrole nitrogens is 1. The van der Waals surface area contributed by atoms with E-state index in [4.69, 9.17) is 0 Å². The number of carbonyl (C=O) groups excluding carboxylic acids is 1. The van der Waals surface area contributed by atoms with Gasteiger partial charge in [0.05, 0.1) is 12.1 Å². The second-order valence-corrected chi connectivity index (χ2v) is 7.10. The number of nitrogens with zero attached hydrogens (tertiary/aromatic N) is 3. The zero-order valence-corrected chi connectivity index (χ0v) is 15.8. The van der Waals surface area contributed by atoms with E-state index in [9.17, 15) is 9.59 Å². The molecular weight excluding hydrogens is 350 g/mol. The molecule has 1 amide bonds. The van der Waals surface area contributed by atoms with Gasteiger partial charge in [0.25, 0.3) is 5.56 Å². The van der Waals surface area contributed by atoms with E-state index < -0.39 is 0 Å². The van der Waals surface area contributed by atoms with Crippen LogP contribution in [0.25, 0.3) is 11.2 Å². The van der Waals surface area contributed by atoms with Gasteiger partial charge in [0.1, 0.15) is 0 Å². The molecule has 3 rings (SSSR count). The second kappa shape index (κ2) is 7.74. The molecule has 0 bridgehead atoms. The predicted octanol–water partition coefficient (Wildman–Crippen LogP) is 2.99. The van der Waals surface area contributed by atoms with Crippen LogP contribution in [-0.4, -0.2) is 31.2 Å². The van der Waals surface area contributed by atoms with E-state index in [1.54, 1.807) is 0 Å². The van der Waals surface area contributed by atoms with Crippen molar-refractivity contribution in [3.05, 3.63) is 46.5 Å². The third kappa shape index (κ3) is 3.80. The number of benzene rings is 1. The van der Waals surface area contributed by atoms with E-state index in [-0.39, 0.29) is 17.2 Å². The highest BCUT2D eigenvalue weighted by Gasteiger charge is 2.15. The SMILES string of the molecule is CCn1c(SCC(=O)Nc2ccc(C(C)C)cc2)nc2c(=O)[nH]cnc21. The number of aromatic amines is 1. The number of fused-ring (bicyclic) bond motifs is 1. The summed E-state index contributed by atoms with van der Waals surface area (Å²) in [4.78, 5) is 35.1.